The van der Waals surface area contributed by atoms with Gasteiger partial charge in [0, 0.05) is 4.88 Å². The molecule has 1 rings (SSSR count). The minimum atomic E-state index is 1.12. The number of hydrogen-bond donors (Lipinski definition) is 0. The van der Waals surface area contributed by atoms with Crippen LogP contribution in [-0.2, 0) is 6.42 Å². The van der Waals surface area contributed by atoms with Gasteiger partial charge in [0.1, 0.15) is 0 Å². The van der Waals surface area contributed by atoms with Crippen LogP contribution in [0.25, 0.3) is 6.08 Å². The summed E-state index contributed by atoms with van der Waals surface area (Å²) in [5.74, 6) is 0. The molecular weight excluding hydrogens is 164 g/mol. The predicted molar refractivity (Wildman–Crippen MR) is 57.7 cm³/mol. The molecular formula is C11H14S. The molecule has 0 unspecified atom stereocenters. The van der Waals surface area contributed by atoms with Crippen molar-refractivity contribution in [1.82, 2.24) is 0 Å². The summed E-state index contributed by atoms with van der Waals surface area (Å²) in [6.07, 6.45) is 7.05. The van der Waals surface area contributed by atoms with Gasteiger partial charge in [-0.1, -0.05) is 25.7 Å². The van der Waals surface area contributed by atoms with E-state index in [2.05, 4.69) is 31.9 Å². The number of rotatable bonds is 3. The Kier molecular flexibility index (Phi) is 3.30. The zero-order valence-electron chi connectivity index (χ0n) is 7.63. The maximum absolute atomic E-state index is 3.66. The first-order valence-electron chi connectivity index (χ1n) is 4.15. The molecule has 12 heavy (non-hydrogen) atoms. The second-order valence-corrected chi connectivity index (χ2v) is 3.62. The van der Waals surface area contributed by atoms with Gasteiger partial charge in [-0.3, -0.25) is 0 Å². The van der Waals surface area contributed by atoms with Gasteiger partial charge in [-0.05, 0) is 35.9 Å². The molecule has 1 heteroatoms. The minimum absolute atomic E-state index is 1.12. The Labute approximate surface area is 78.2 Å². The first-order chi connectivity index (χ1) is 5.79. The van der Waals surface area contributed by atoms with Crippen LogP contribution in [-0.4, -0.2) is 0 Å². The molecule has 0 radical (unpaired) electrons. The number of hydrogen-bond acceptors (Lipinski definition) is 1. The summed E-state index contributed by atoms with van der Waals surface area (Å²) < 4.78 is 0. The smallest absolute Gasteiger partial charge is 0.0304 e. The molecule has 0 atom stereocenters. The Bertz CT molecular complexity index is 292. The summed E-state index contributed by atoms with van der Waals surface area (Å²) in [7, 11) is 0. The van der Waals surface area contributed by atoms with Gasteiger partial charge in [0.25, 0.3) is 0 Å². The molecule has 0 nitrogen and oxygen atoms in total. The first kappa shape index (κ1) is 9.27. The summed E-state index contributed by atoms with van der Waals surface area (Å²) in [5.41, 5.74) is 2.88. The van der Waals surface area contributed by atoms with Gasteiger partial charge < -0.3 is 0 Å². The fraction of sp³-hybridized carbons (Fsp3) is 0.273. The quantitative estimate of drug-likeness (QED) is 0.617. The molecule has 0 saturated carbocycles. The highest BCUT2D eigenvalue weighted by atomic mass is 32.1. The van der Waals surface area contributed by atoms with Crippen molar-refractivity contribution in [3.05, 3.63) is 40.1 Å². The van der Waals surface area contributed by atoms with Crippen LogP contribution in [0.3, 0.4) is 0 Å². The lowest BCUT2D eigenvalue weighted by Crippen LogP contribution is -1.81. The topological polar surface area (TPSA) is 0 Å². The van der Waals surface area contributed by atoms with Gasteiger partial charge in [0.05, 0.1) is 0 Å². The van der Waals surface area contributed by atoms with Crippen molar-refractivity contribution in [2.24, 2.45) is 0 Å². The van der Waals surface area contributed by atoms with Crippen LogP contribution >= 0.6 is 11.3 Å². The third-order valence-corrected chi connectivity index (χ3v) is 2.98. The van der Waals surface area contributed by atoms with E-state index in [0.717, 1.165) is 6.42 Å². The van der Waals surface area contributed by atoms with E-state index in [-0.39, 0.29) is 0 Å². The van der Waals surface area contributed by atoms with Gasteiger partial charge in [-0.25, -0.2) is 0 Å². The van der Waals surface area contributed by atoms with Crippen molar-refractivity contribution in [2.45, 2.75) is 20.3 Å². The van der Waals surface area contributed by atoms with Crippen molar-refractivity contribution in [2.75, 3.05) is 0 Å². The molecule has 1 aromatic heterocycles. The molecule has 64 valence electrons. The van der Waals surface area contributed by atoms with Crippen molar-refractivity contribution in [1.29, 1.82) is 0 Å². The van der Waals surface area contributed by atoms with Gasteiger partial charge in [0.2, 0.25) is 0 Å². The summed E-state index contributed by atoms with van der Waals surface area (Å²) in [6, 6.07) is 0. The Morgan fingerprint density at radius 1 is 1.58 bits per heavy atom. The predicted octanol–water partition coefficient (Wildman–Crippen LogP) is 3.82. The number of allylic oxidation sites excluding steroid dienone is 2. The van der Waals surface area contributed by atoms with E-state index in [9.17, 15) is 0 Å². The Hall–Kier alpha value is -0.820. The van der Waals surface area contributed by atoms with Gasteiger partial charge >= 0.3 is 0 Å². The summed E-state index contributed by atoms with van der Waals surface area (Å²) >= 11 is 1.81. The lowest BCUT2D eigenvalue weighted by atomic mass is 10.1. The van der Waals surface area contributed by atoms with Gasteiger partial charge in [-0.2, -0.15) is 0 Å². The summed E-state index contributed by atoms with van der Waals surface area (Å²) in [6.45, 7) is 8.02. The normalized spacial score (nSPS) is 10.8. The SMILES string of the molecule is C=C/C=C\c1scc(C)c1CC. The van der Waals surface area contributed by atoms with Crippen LogP contribution in [0, 0.1) is 6.92 Å². The van der Waals surface area contributed by atoms with Gasteiger partial charge in [-0.15, -0.1) is 11.3 Å². The Balaban J connectivity index is 2.98. The summed E-state index contributed by atoms with van der Waals surface area (Å²) in [4.78, 5) is 1.37. The molecule has 0 aliphatic rings. The maximum Gasteiger partial charge on any atom is 0.0304 e. The highest BCUT2D eigenvalue weighted by Gasteiger charge is 2.02. The third-order valence-electron chi connectivity index (χ3n) is 1.87. The van der Waals surface area contributed by atoms with Crippen molar-refractivity contribution in [3.8, 4) is 0 Å². The molecule has 0 aromatic carbocycles. The van der Waals surface area contributed by atoms with E-state index in [1.54, 1.807) is 11.3 Å². The zero-order chi connectivity index (χ0) is 8.97. The first-order valence-corrected chi connectivity index (χ1v) is 5.03. The van der Waals surface area contributed by atoms with Crippen molar-refractivity contribution < 1.29 is 0 Å². The third kappa shape index (κ3) is 1.86. The standard InChI is InChI=1S/C11H14S/c1-4-6-7-11-10(5-2)9(3)8-12-11/h4,6-8H,1,5H2,2-3H3/b7-6-. The molecule has 0 spiro atoms. The monoisotopic (exact) mass is 178 g/mol. The molecule has 1 aromatic rings. The van der Waals surface area contributed by atoms with E-state index < -0.39 is 0 Å². The van der Waals surface area contributed by atoms with Crippen LogP contribution in [0.15, 0.2) is 24.1 Å². The van der Waals surface area contributed by atoms with E-state index in [1.165, 1.54) is 16.0 Å². The molecule has 1 heterocycles. The number of thiophene rings is 1. The van der Waals surface area contributed by atoms with Crippen LogP contribution in [0.4, 0.5) is 0 Å². The van der Waals surface area contributed by atoms with Gasteiger partial charge in [0.15, 0.2) is 0 Å². The fourth-order valence-electron chi connectivity index (χ4n) is 1.24. The second-order valence-electron chi connectivity index (χ2n) is 2.71. The number of aryl methyl sites for hydroxylation is 1. The molecule has 0 amide bonds. The highest BCUT2D eigenvalue weighted by Crippen LogP contribution is 2.23. The maximum atomic E-state index is 3.66. The minimum Gasteiger partial charge on any atom is -0.144 e. The second kappa shape index (κ2) is 4.27. The van der Waals surface area contributed by atoms with Crippen LogP contribution in [0.2, 0.25) is 0 Å². The van der Waals surface area contributed by atoms with E-state index in [1.807, 2.05) is 12.2 Å². The van der Waals surface area contributed by atoms with Crippen molar-refractivity contribution in [3.63, 3.8) is 0 Å². The summed E-state index contributed by atoms with van der Waals surface area (Å²) in [5, 5.41) is 2.21. The largest absolute Gasteiger partial charge is 0.144 e. The Morgan fingerprint density at radius 2 is 2.33 bits per heavy atom. The van der Waals surface area contributed by atoms with Crippen LogP contribution in [0.1, 0.15) is 22.9 Å². The molecule has 0 aliphatic heterocycles. The lowest BCUT2D eigenvalue weighted by Gasteiger charge is -1.95. The fourth-order valence-corrected chi connectivity index (χ4v) is 2.29. The molecule has 0 saturated heterocycles. The Morgan fingerprint density at radius 3 is 2.92 bits per heavy atom. The molecule has 0 fully saturated rings. The molecule has 0 aliphatic carbocycles. The lowest BCUT2D eigenvalue weighted by molar-refractivity contribution is 1.12. The van der Waals surface area contributed by atoms with Crippen molar-refractivity contribution >= 4 is 17.4 Å². The highest BCUT2D eigenvalue weighted by molar-refractivity contribution is 7.11. The van der Waals surface area contributed by atoms with Crippen LogP contribution in [0.5, 0.6) is 0 Å². The average molecular weight is 178 g/mol. The zero-order valence-corrected chi connectivity index (χ0v) is 8.45. The van der Waals surface area contributed by atoms with E-state index in [4.69, 9.17) is 0 Å². The average Bonchev–Trinajstić information content (AvgIpc) is 2.43. The van der Waals surface area contributed by atoms with E-state index in [0.29, 0.717) is 0 Å². The van der Waals surface area contributed by atoms with Crippen LogP contribution < -0.4 is 0 Å². The molecule has 0 bridgehead atoms. The van der Waals surface area contributed by atoms with E-state index >= 15 is 0 Å². The molecule has 0 N–H and O–H groups in total.